The summed E-state index contributed by atoms with van der Waals surface area (Å²) in [4.78, 5) is 10.6. The van der Waals surface area contributed by atoms with Gasteiger partial charge in [0, 0.05) is 12.6 Å². The van der Waals surface area contributed by atoms with Gasteiger partial charge in [0.1, 0.15) is 6.54 Å². The van der Waals surface area contributed by atoms with Crippen LogP contribution in [0.2, 0.25) is 0 Å². The molecule has 0 bridgehead atoms. The van der Waals surface area contributed by atoms with E-state index < -0.39 is 0 Å². The van der Waals surface area contributed by atoms with E-state index in [2.05, 4.69) is 5.32 Å². The smallest absolute Gasteiger partial charge is 0.244 e. The minimum absolute atomic E-state index is 0.0355. The summed E-state index contributed by atoms with van der Waals surface area (Å²) in [7, 11) is 0. The van der Waals surface area contributed by atoms with E-state index in [0.717, 1.165) is 0 Å². The average molecular weight is 139 g/mol. The van der Waals surface area contributed by atoms with Gasteiger partial charge in [0.05, 0.1) is 6.07 Å². The van der Waals surface area contributed by atoms with E-state index in [1.165, 1.54) is 12.2 Å². The zero-order valence-electron chi connectivity index (χ0n) is 5.50. The van der Waals surface area contributed by atoms with Crippen LogP contribution < -0.4 is 11.1 Å². The molecule has 0 fully saturated rings. The van der Waals surface area contributed by atoms with Gasteiger partial charge in [0.2, 0.25) is 5.91 Å². The molecule has 0 heterocycles. The van der Waals surface area contributed by atoms with Crippen LogP contribution in [0.3, 0.4) is 0 Å². The molecule has 0 aromatic carbocycles. The van der Waals surface area contributed by atoms with E-state index in [1.807, 2.05) is 0 Å². The second kappa shape index (κ2) is 5.79. The highest BCUT2D eigenvalue weighted by atomic mass is 16.1. The highest BCUT2D eigenvalue weighted by molar-refractivity contribution is 5.87. The minimum Gasteiger partial charge on any atom is -0.339 e. The number of nitrogens with one attached hydrogen (secondary N) is 1. The van der Waals surface area contributed by atoms with E-state index >= 15 is 0 Å². The molecule has 4 nitrogen and oxygen atoms in total. The lowest BCUT2D eigenvalue weighted by atomic mass is 10.4. The van der Waals surface area contributed by atoms with Crippen molar-refractivity contribution in [3.05, 3.63) is 12.2 Å². The number of hydrogen-bond donors (Lipinski definition) is 2. The van der Waals surface area contributed by atoms with Crippen molar-refractivity contribution in [1.29, 1.82) is 5.26 Å². The fourth-order valence-electron chi connectivity index (χ4n) is 0.361. The lowest BCUT2D eigenvalue weighted by Gasteiger charge is -1.90. The monoisotopic (exact) mass is 139 g/mol. The molecule has 3 N–H and O–H groups in total. The Labute approximate surface area is 59.3 Å². The molecule has 54 valence electrons. The Balaban J connectivity index is 3.46. The molecule has 0 spiro atoms. The van der Waals surface area contributed by atoms with Crippen LogP contribution in [0.15, 0.2) is 12.2 Å². The lowest BCUT2D eigenvalue weighted by Crippen LogP contribution is -2.21. The Kier molecular flexibility index (Phi) is 5.01. The summed E-state index contributed by atoms with van der Waals surface area (Å²) in [6.45, 7) is 0.369. The first kappa shape index (κ1) is 8.66. The van der Waals surface area contributed by atoms with Crippen molar-refractivity contribution in [3.8, 4) is 6.07 Å². The topological polar surface area (TPSA) is 78.9 Å². The predicted octanol–water partition coefficient (Wildman–Crippen LogP) is -0.859. The molecule has 0 radical (unpaired) electrons. The maximum absolute atomic E-state index is 10.6. The summed E-state index contributed by atoms with van der Waals surface area (Å²) in [5.74, 6) is -0.285. The number of amides is 1. The van der Waals surface area contributed by atoms with Gasteiger partial charge in [0.15, 0.2) is 0 Å². The summed E-state index contributed by atoms with van der Waals surface area (Å²) >= 11 is 0. The molecule has 0 aromatic rings. The Morgan fingerprint density at radius 1 is 1.80 bits per heavy atom. The molecule has 0 saturated carbocycles. The van der Waals surface area contributed by atoms with Crippen LogP contribution in [0.4, 0.5) is 0 Å². The molecule has 10 heavy (non-hydrogen) atoms. The second-order valence-corrected chi connectivity index (χ2v) is 1.51. The van der Waals surface area contributed by atoms with Crippen LogP contribution in [0, 0.1) is 11.3 Å². The maximum Gasteiger partial charge on any atom is 0.244 e. The molecular weight excluding hydrogens is 130 g/mol. The third-order valence-corrected chi connectivity index (χ3v) is 0.747. The standard InChI is InChI=1S/C6H9N3O/c7-3-1-2-6(10)9-5-4-8/h1-2H,3,5,7H2,(H,9,10)/b2-1+. The van der Waals surface area contributed by atoms with Gasteiger partial charge in [-0.3, -0.25) is 4.79 Å². The molecule has 0 saturated heterocycles. The van der Waals surface area contributed by atoms with Crippen molar-refractivity contribution in [2.45, 2.75) is 0 Å². The van der Waals surface area contributed by atoms with Crippen LogP contribution >= 0.6 is 0 Å². The van der Waals surface area contributed by atoms with Gasteiger partial charge in [-0.05, 0) is 0 Å². The van der Waals surface area contributed by atoms with Crippen molar-refractivity contribution in [3.63, 3.8) is 0 Å². The SMILES string of the molecule is N#CCNC(=O)/C=C/CN. The molecule has 0 aromatic heterocycles. The Morgan fingerprint density at radius 2 is 2.50 bits per heavy atom. The largest absolute Gasteiger partial charge is 0.339 e. The van der Waals surface area contributed by atoms with Gasteiger partial charge >= 0.3 is 0 Å². The van der Waals surface area contributed by atoms with Gasteiger partial charge in [-0.15, -0.1) is 0 Å². The lowest BCUT2D eigenvalue weighted by molar-refractivity contribution is -0.116. The third kappa shape index (κ3) is 4.81. The molecule has 0 aliphatic rings. The molecule has 0 atom stereocenters. The number of nitriles is 1. The number of nitrogens with two attached hydrogens (primary N) is 1. The molecule has 0 rings (SSSR count). The van der Waals surface area contributed by atoms with E-state index in [0.29, 0.717) is 6.54 Å². The first-order chi connectivity index (χ1) is 4.81. The Hall–Kier alpha value is -1.34. The Bertz CT molecular complexity index is 168. The Morgan fingerprint density at radius 3 is 3.00 bits per heavy atom. The number of carbonyl (C=O) groups is 1. The van der Waals surface area contributed by atoms with Gasteiger partial charge in [-0.2, -0.15) is 5.26 Å². The van der Waals surface area contributed by atoms with Gasteiger partial charge in [0.25, 0.3) is 0 Å². The quantitative estimate of drug-likeness (QED) is 0.394. The van der Waals surface area contributed by atoms with E-state index in [1.54, 1.807) is 6.07 Å². The zero-order valence-corrected chi connectivity index (χ0v) is 5.50. The first-order valence-corrected chi connectivity index (χ1v) is 2.82. The highest BCUT2D eigenvalue weighted by Crippen LogP contribution is 1.69. The van der Waals surface area contributed by atoms with Crippen LogP contribution in [-0.2, 0) is 4.79 Å². The van der Waals surface area contributed by atoms with Crippen molar-refractivity contribution in [2.24, 2.45) is 5.73 Å². The fourth-order valence-corrected chi connectivity index (χ4v) is 0.361. The fraction of sp³-hybridized carbons (Fsp3) is 0.333. The second-order valence-electron chi connectivity index (χ2n) is 1.51. The third-order valence-electron chi connectivity index (χ3n) is 0.747. The number of nitrogens with zero attached hydrogens (tertiary/aromatic N) is 1. The van der Waals surface area contributed by atoms with Gasteiger partial charge in [-0.1, -0.05) is 6.08 Å². The summed E-state index contributed by atoms with van der Waals surface area (Å²) in [6.07, 6.45) is 2.82. The number of rotatable bonds is 3. The molecule has 0 aliphatic heterocycles. The zero-order chi connectivity index (χ0) is 7.82. The summed E-state index contributed by atoms with van der Waals surface area (Å²) < 4.78 is 0. The summed E-state index contributed by atoms with van der Waals surface area (Å²) in [5.41, 5.74) is 5.07. The molecule has 0 unspecified atom stereocenters. The average Bonchev–Trinajstić information content (AvgIpc) is 1.97. The van der Waals surface area contributed by atoms with Gasteiger partial charge in [-0.25, -0.2) is 0 Å². The van der Waals surface area contributed by atoms with Crippen LogP contribution in [0.25, 0.3) is 0 Å². The number of hydrogen-bond acceptors (Lipinski definition) is 3. The van der Waals surface area contributed by atoms with Crippen molar-refractivity contribution in [1.82, 2.24) is 5.32 Å². The maximum atomic E-state index is 10.6. The highest BCUT2D eigenvalue weighted by Gasteiger charge is 1.89. The van der Waals surface area contributed by atoms with E-state index in [9.17, 15) is 4.79 Å². The minimum atomic E-state index is -0.285. The molecular formula is C6H9N3O. The van der Waals surface area contributed by atoms with Crippen molar-refractivity contribution < 1.29 is 4.79 Å². The number of carbonyl (C=O) groups excluding carboxylic acids is 1. The van der Waals surface area contributed by atoms with Crippen molar-refractivity contribution in [2.75, 3.05) is 13.1 Å². The molecule has 4 heteroatoms. The van der Waals surface area contributed by atoms with E-state index in [4.69, 9.17) is 11.0 Å². The first-order valence-electron chi connectivity index (χ1n) is 2.82. The van der Waals surface area contributed by atoms with Gasteiger partial charge < -0.3 is 11.1 Å². The summed E-state index contributed by atoms with van der Waals surface area (Å²) in [5, 5.41) is 10.4. The van der Waals surface area contributed by atoms with Crippen LogP contribution in [0.1, 0.15) is 0 Å². The summed E-state index contributed by atoms with van der Waals surface area (Å²) in [6, 6.07) is 1.78. The van der Waals surface area contributed by atoms with Crippen LogP contribution in [-0.4, -0.2) is 19.0 Å². The molecule has 1 amide bonds. The molecule has 0 aliphatic carbocycles. The predicted molar refractivity (Wildman–Crippen MR) is 36.8 cm³/mol. The van der Waals surface area contributed by atoms with Crippen LogP contribution in [0.5, 0.6) is 0 Å². The van der Waals surface area contributed by atoms with E-state index in [-0.39, 0.29) is 12.5 Å². The van der Waals surface area contributed by atoms with Crippen molar-refractivity contribution >= 4 is 5.91 Å². The normalized spacial score (nSPS) is 9.20.